The van der Waals surface area contributed by atoms with Gasteiger partial charge in [-0.15, -0.1) is 13.2 Å². The van der Waals surface area contributed by atoms with Crippen LogP contribution in [-0.2, 0) is 19.5 Å². The Morgan fingerprint density at radius 3 is 2.55 bits per heavy atom. The molecule has 5 rings (SSSR count). The third kappa shape index (κ3) is 6.12. The summed E-state index contributed by atoms with van der Waals surface area (Å²) in [7, 11) is 0. The van der Waals surface area contributed by atoms with Crippen molar-refractivity contribution < 1.29 is 22.7 Å². The van der Waals surface area contributed by atoms with Gasteiger partial charge in [0.25, 0.3) is 5.91 Å². The number of rotatable bonds is 6. The van der Waals surface area contributed by atoms with Gasteiger partial charge in [-0.05, 0) is 73.7 Å². The number of hydrogen-bond donors (Lipinski definition) is 1. The number of nitrogens with two attached hydrogens (primary N) is 1. The number of piperidine rings is 1. The van der Waals surface area contributed by atoms with Gasteiger partial charge in [-0.2, -0.15) is 0 Å². The van der Waals surface area contributed by atoms with E-state index in [0.717, 1.165) is 36.2 Å². The molecule has 1 aromatic heterocycles. The van der Waals surface area contributed by atoms with Crippen molar-refractivity contribution in [1.82, 2.24) is 19.8 Å². The Balaban J connectivity index is 1.18. The van der Waals surface area contributed by atoms with Crippen LogP contribution in [0.4, 0.5) is 18.9 Å². The summed E-state index contributed by atoms with van der Waals surface area (Å²) in [6, 6.07) is 11.5. The fourth-order valence-corrected chi connectivity index (χ4v) is 5.50. The number of likely N-dealkylation sites (tertiary alicyclic amines) is 1. The Morgan fingerprint density at radius 2 is 1.88 bits per heavy atom. The molecule has 2 aromatic carbocycles. The number of aromatic nitrogens is 2. The fraction of sp³-hybridized carbons (Fsp3) is 0.367. The zero-order valence-corrected chi connectivity index (χ0v) is 22.5. The molecule has 1 unspecified atom stereocenters. The molecule has 2 N–H and O–H groups in total. The highest BCUT2D eigenvalue weighted by Gasteiger charge is 2.35. The van der Waals surface area contributed by atoms with E-state index in [1.165, 1.54) is 12.1 Å². The number of aryl methyl sites for hydroxylation is 1. The fourth-order valence-electron chi connectivity index (χ4n) is 5.50. The highest BCUT2D eigenvalue weighted by molar-refractivity contribution is 5.95. The van der Waals surface area contributed by atoms with Gasteiger partial charge in [-0.3, -0.25) is 9.69 Å². The van der Waals surface area contributed by atoms with E-state index in [-0.39, 0.29) is 17.7 Å². The number of fused-ring (bicyclic) bond motifs is 1. The summed E-state index contributed by atoms with van der Waals surface area (Å²) in [5.41, 5.74) is 11.6. The molecule has 0 spiro atoms. The molecule has 7 nitrogen and oxygen atoms in total. The van der Waals surface area contributed by atoms with E-state index in [1.54, 1.807) is 24.3 Å². The number of allylic oxidation sites excluding steroid dienone is 1. The molecular weight excluding hydrogens is 519 g/mol. The van der Waals surface area contributed by atoms with Crippen molar-refractivity contribution in [2.45, 2.75) is 64.6 Å². The van der Waals surface area contributed by atoms with E-state index in [0.29, 0.717) is 53.8 Å². The minimum Gasteiger partial charge on any atom is -0.406 e. The van der Waals surface area contributed by atoms with Gasteiger partial charge in [0, 0.05) is 61.1 Å². The summed E-state index contributed by atoms with van der Waals surface area (Å²) >= 11 is 0. The zero-order chi connectivity index (χ0) is 28.6. The molecular formula is C30H32F3N5O2. The second-order valence-corrected chi connectivity index (χ2v) is 10.6. The number of carbonyl (C=O) groups excluding carboxylic acids is 1. The largest absolute Gasteiger partial charge is 0.573 e. The van der Waals surface area contributed by atoms with Crippen molar-refractivity contribution in [3.05, 3.63) is 89.0 Å². The highest BCUT2D eigenvalue weighted by Crippen LogP contribution is 2.31. The van der Waals surface area contributed by atoms with Crippen LogP contribution >= 0.6 is 0 Å². The first-order valence-corrected chi connectivity index (χ1v) is 13.3. The standard InChI is InChI=1S/C30H32F3N5O2/c1-18(21-4-7-25(8-5-21)40-30(31,32)33)13-28-35-15-23-16-37(17-27(23)36-28)24-10-11-38(20(3)14-24)29(39)22-6-9-26(34)19(2)12-22/h4-9,12,15,20,24H,1,10-11,13-14,16-17,34H2,2-3H3/t20-,24?/m1/s1. The molecule has 10 heteroatoms. The molecule has 0 radical (unpaired) electrons. The lowest BCUT2D eigenvalue weighted by Crippen LogP contribution is -2.50. The van der Waals surface area contributed by atoms with Gasteiger partial charge in [0.1, 0.15) is 11.6 Å². The SMILES string of the molecule is C=C(Cc1ncc2c(n1)CN(C1CCN(C(=O)c3ccc(N)c(C)c3)[C@H](C)C1)C2)c1ccc(OC(F)(F)F)cc1. The number of halogens is 3. The molecule has 2 aliphatic rings. The van der Waals surface area contributed by atoms with Crippen molar-refractivity contribution in [3.8, 4) is 5.75 Å². The maximum Gasteiger partial charge on any atom is 0.573 e. The average molecular weight is 552 g/mol. The zero-order valence-electron chi connectivity index (χ0n) is 22.5. The smallest absolute Gasteiger partial charge is 0.406 e. The molecule has 2 aliphatic heterocycles. The van der Waals surface area contributed by atoms with Crippen molar-refractivity contribution in [2.75, 3.05) is 12.3 Å². The minimum absolute atomic E-state index is 0.0389. The van der Waals surface area contributed by atoms with Crippen LogP contribution in [0.2, 0.25) is 0 Å². The third-order valence-corrected chi connectivity index (χ3v) is 7.74. The topological polar surface area (TPSA) is 84.6 Å². The van der Waals surface area contributed by atoms with Gasteiger partial charge in [-0.25, -0.2) is 9.97 Å². The molecule has 0 saturated carbocycles. The maximum absolute atomic E-state index is 13.2. The molecule has 2 atom stereocenters. The van der Waals surface area contributed by atoms with Gasteiger partial charge < -0.3 is 15.4 Å². The predicted molar refractivity (Wildman–Crippen MR) is 146 cm³/mol. The monoisotopic (exact) mass is 551 g/mol. The lowest BCUT2D eigenvalue weighted by atomic mass is 9.96. The van der Waals surface area contributed by atoms with E-state index < -0.39 is 6.36 Å². The second kappa shape index (κ2) is 10.9. The van der Waals surface area contributed by atoms with Crippen molar-refractivity contribution in [2.24, 2.45) is 0 Å². The van der Waals surface area contributed by atoms with Gasteiger partial charge in [-0.1, -0.05) is 18.7 Å². The van der Waals surface area contributed by atoms with Crippen molar-refractivity contribution in [1.29, 1.82) is 0 Å². The van der Waals surface area contributed by atoms with E-state index in [4.69, 9.17) is 10.7 Å². The van der Waals surface area contributed by atoms with Crippen LogP contribution in [0.25, 0.3) is 5.57 Å². The first-order valence-electron chi connectivity index (χ1n) is 13.3. The predicted octanol–water partition coefficient (Wildman–Crippen LogP) is 5.53. The highest BCUT2D eigenvalue weighted by atomic mass is 19.4. The Bertz CT molecular complexity index is 1420. The lowest BCUT2D eigenvalue weighted by Gasteiger charge is -2.41. The summed E-state index contributed by atoms with van der Waals surface area (Å²) < 4.78 is 41.2. The number of benzene rings is 2. The molecule has 3 heterocycles. The van der Waals surface area contributed by atoms with Crippen LogP contribution in [0.3, 0.4) is 0 Å². The Hall–Kier alpha value is -3.92. The molecule has 0 bridgehead atoms. The van der Waals surface area contributed by atoms with Crippen molar-refractivity contribution in [3.63, 3.8) is 0 Å². The number of ether oxygens (including phenoxy) is 1. The van der Waals surface area contributed by atoms with Crippen LogP contribution in [-0.4, -0.2) is 50.7 Å². The summed E-state index contributed by atoms with van der Waals surface area (Å²) in [5.74, 6) is 0.383. The summed E-state index contributed by atoms with van der Waals surface area (Å²) in [5, 5.41) is 0. The number of anilines is 1. The number of hydrogen-bond acceptors (Lipinski definition) is 6. The molecule has 1 saturated heterocycles. The first-order chi connectivity index (χ1) is 19.0. The minimum atomic E-state index is -4.73. The Kier molecular flexibility index (Phi) is 7.55. The van der Waals surface area contributed by atoms with Gasteiger partial charge in [0.05, 0.1) is 5.69 Å². The summed E-state index contributed by atoms with van der Waals surface area (Å²) in [4.78, 5) is 26.8. The molecule has 0 aliphatic carbocycles. The summed E-state index contributed by atoms with van der Waals surface area (Å²) in [6.45, 7) is 10.2. The normalized spacial score (nSPS) is 19.4. The lowest BCUT2D eigenvalue weighted by molar-refractivity contribution is -0.274. The van der Waals surface area contributed by atoms with Crippen LogP contribution in [0, 0.1) is 6.92 Å². The first kappa shape index (κ1) is 27.6. The Labute approximate surface area is 231 Å². The molecule has 40 heavy (non-hydrogen) atoms. The van der Waals surface area contributed by atoms with Crippen molar-refractivity contribution >= 4 is 17.2 Å². The van der Waals surface area contributed by atoms with E-state index in [1.807, 2.05) is 24.1 Å². The maximum atomic E-state index is 13.2. The van der Waals surface area contributed by atoms with Crippen LogP contribution < -0.4 is 10.5 Å². The molecule has 1 amide bonds. The van der Waals surface area contributed by atoms with E-state index in [2.05, 4.69) is 28.1 Å². The number of nitrogens with zero attached hydrogens (tertiary/aromatic N) is 4. The number of carbonyl (C=O) groups is 1. The Morgan fingerprint density at radius 1 is 1.15 bits per heavy atom. The van der Waals surface area contributed by atoms with Gasteiger partial charge in [0.2, 0.25) is 0 Å². The molecule has 1 fully saturated rings. The average Bonchev–Trinajstić information content (AvgIpc) is 3.33. The van der Waals surface area contributed by atoms with E-state index in [9.17, 15) is 18.0 Å². The number of alkyl halides is 3. The second-order valence-electron chi connectivity index (χ2n) is 10.6. The summed E-state index contributed by atoms with van der Waals surface area (Å²) in [6.07, 6.45) is -0.735. The third-order valence-electron chi connectivity index (χ3n) is 7.74. The quantitative estimate of drug-likeness (QED) is 0.406. The van der Waals surface area contributed by atoms with Gasteiger partial charge >= 0.3 is 6.36 Å². The van der Waals surface area contributed by atoms with Crippen LogP contribution in [0.1, 0.15) is 58.3 Å². The van der Waals surface area contributed by atoms with Gasteiger partial charge in [0.15, 0.2) is 0 Å². The van der Waals surface area contributed by atoms with Crippen LogP contribution in [0.15, 0.2) is 55.2 Å². The van der Waals surface area contributed by atoms with Crippen LogP contribution in [0.5, 0.6) is 5.75 Å². The van der Waals surface area contributed by atoms with E-state index >= 15 is 0 Å². The number of nitrogen functional groups attached to an aromatic ring is 1. The molecule has 3 aromatic rings. The molecule has 210 valence electrons. The number of amides is 1.